The molecule has 0 spiro atoms. The third-order valence-electron chi connectivity index (χ3n) is 3.49. The Morgan fingerprint density at radius 2 is 1.88 bits per heavy atom. The maximum atomic E-state index is 12.3. The summed E-state index contributed by atoms with van der Waals surface area (Å²) in [5.74, 6) is 0.733. The first-order valence-electron chi connectivity index (χ1n) is 7.61. The monoisotopic (exact) mass is 334 g/mol. The number of fused-ring (bicyclic) bond motifs is 1. The average molecular weight is 334 g/mol. The van der Waals surface area contributed by atoms with E-state index in [1.54, 1.807) is 40.4 Å². The van der Waals surface area contributed by atoms with E-state index in [0.717, 1.165) is 0 Å². The number of hydrogen-bond acceptors (Lipinski definition) is 7. The lowest BCUT2D eigenvalue weighted by molar-refractivity contribution is 0.0527. The summed E-state index contributed by atoms with van der Waals surface area (Å²) in [6.45, 7) is 3.04. The van der Waals surface area contributed by atoms with Crippen LogP contribution in [0.5, 0.6) is 11.5 Å². The van der Waals surface area contributed by atoms with Gasteiger partial charge in [-0.15, -0.1) is 0 Å². The molecule has 0 unspecified atom stereocenters. The molecule has 2 aromatic rings. The van der Waals surface area contributed by atoms with Gasteiger partial charge >= 0.3 is 5.97 Å². The van der Waals surface area contributed by atoms with Crippen LogP contribution in [-0.4, -0.2) is 52.0 Å². The van der Waals surface area contributed by atoms with Gasteiger partial charge in [-0.2, -0.15) is 0 Å². The number of pyridine rings is 1. The molecule has 0 atom stereocenters. The molecule has 0 bridgehead atoms. The highest BCUT2D eigenvalue weighted by molar-refractivity contribution is 6.08. The molecule has 2 rings (SSSR count). The standard InChI is InChI=1S/C17H22N2O5/c1-5-24-17(20)11-10-19-16-13(23-4)7-6-12(22-3)14(16)15(11)18-8-9-21-2/h6-7,10H,5,8-9H2,1-4H3,(H,18,19). The Labute approximate surface area is 140 Å². The van der Waals surface area contributed by atoms with Gasteiger partial charge in [-0.25, -0.2) is 4.79 Å². The molecular weight excluding hydrogens is 312 g/mol. The van der Waals surface area contributed by atoms with Crippen LogP contribution in [-0.2, 0) is 9.47 Å². The molecule has 0 fully saturated rings. The van der Waals surface area contributed by atoms with Crippen molar-refractivity contribution in [3.63, 3.8) is 0 Å². The lowest BCUT2D eigenvalue weighted by Gasteiger charge is -2.17. The van der Waals surface area contributed by atoms with E-state index >= 15 is 0 Å². The van der Waals surface area contributed by atoms with Gasteiger partial charge in [-0.3, -0.25) is 4.98 Å². The molecule has 1 aromatic carbocycles. The summed E-state index contributed by atoms with van der Waals surface area (Å²) < 4.78 is 21.0. The van der Waals surface area contributed by atoms with Gasteiger partial charge in [-0.1, -0.05) is 0 Å². The molecule has 0 saturated heterocycles. The lowest BCUT2D eigenvalue weighted by atomic mass is 10.1. The number of rotatable bonds is 8. The highest BCUT2D eigenvalue weighted by atomic mass is 16.5. The van der Waals surface area contributed by atoms with E-state index < -0.39 is 5.97 Å². The van der Waals surface area contributed by atoms with Crippen molar-refractivity contribution in [1.82, 2.24) is 4.98 Å². The van der Waals surface area contributed by atoms with E-state index in [1.807, 2.05) is 0 Å². The zero-order valence-corrected chi connectivity index (χ0v) is 14.3. The van der Waals surface area contributed by atoms with Crippen molar-refractivity contribution < 1.29 is 23.7 Å². The number of nitrogens with one attached hydrogen (secondary N) is 1. The summed E-state index contributed by atoms with van der Waals surface area (Å²) in [5.41, 5.74) is 1.53. The van der Waals surface area contributed by atoms with E-state index in [1.165, 1.54) is 6.20 Å². The minimum Gasteiger partial charge on any atom is -0.496 e. The van der Waals surface area contributed by atoms with Gasteiger partial charge in [-0.05, 0) is 19.1 Å². The summed E-state index contributed by atoms with van der Waals surface area (Å²) in [5, 5.41) is 3.89. The molecule has 24 heavy (non-hydrogen) atoms. The Bertz CT molecular complexity index is 718. The molecule has 0 radical (unpaired) electrons. The summed E-state index contributed by atoms with van der Waals surface area (Å²) in [4.78, 5) is 16.7. The van der Waals surface area contributed by atoms with Gasteiger partial charge in [0.1, 0.15) is 22.6 Å². The summed E-state index contributed by atoms with van der Waals surface area (Å²) >= 11 is 0. The zero-order chi connectivity index (χ0) is 17.5. The number of carbonyl (C=O) groups is 1. The van der Waals surface area contributed by atoms with E-state index in [9.17, 15) is 4.79 Å². The predicted octanol–water partition coefficient (Wildman–Crippen LogP) is 2.49. The molecule has 0 amide bonds. The molecule has 7 heteroatoms. The molecule has 1 N–H and O–H groups in total. The predicted molar refractivity (Wildman–Crippen MR) is 91.2 cm³/mol. The SMILES string of the molecule is CCOC(=O)c1cnc2c(OC)ccc(OC)c2c1NCCOC. The second-order valence-corrected chi connectivity index (χ2v) is 4.88. The van der Waals surface area contributed by atoms with E-state index in [4.69, 9.17) is 18.9 Å². The third-order valence-corrected chi connectivity index (χ3v) is 3.49. The highest BCUT2D eigenvalue weighted by Crippen LogP contribution is 2.38. The number of methoxy groups -OCH3 is 3. The zero-order valence-electron chi connectivity index (χ0n) is 14.3. The maximum Gasteiger partial charge on any atom is 0.341 e. The first kappa shape index (κ1) is 17.8. The minimum atomic E-state index is -0.448. The van der Waals surface area contributed by atoms with Gasteiger partial charge < -0.3 is 24.3 Å². The van der Waals surface area contributed by atoms with Crippen LogP contribution in [0.1, 0.15) is 17.3 Å². The van der Waals surface area contributed by atoms with E-state index in [0.29, 0.717) is 46.8 Å². The van der Waals surface area contributed by atoms with Crippen LogP contribution in [0.3, 0.4) is 0 Å². The number of benzene rings is 1. The van der Waals surface area contributed by atoms with Crippen LogP contribution in [0.15, 0.2) is 18.3 Å². The molecule has 130 valence electrons. The fourth-order valence-corrected chi connectivity index (χ4v) is 2.41. The Hall–Kier alpha value is -2.54. The van der Waals surface area contributed by atoms with E-state index in [-0.39, 0.29) is 6.61 Å². The summed E-state index contributed by atoms with van der Waals surface area (Å²) in [6, 6.07) is 3.55. The molecule has 0 aliphatic carbocycles. The van der Waals surface area contributed by atoms with Crippen molar-refractivity contribution in [2.24, 2.45) is 0 Å². The van der Waals surface area contributed by atoms with Gasteiger partial charge in [0.2, 0.25) is 0 Å². The molecular formula is C17H22N2O5. The van der Waals surface area contributed by atoms with Crippen molar-refractivity contribution in [2.75, 3.05) is 46.4 Å². The average Bonchev–Trinajstić information content (AvgIpc) is 2.61. The smallest absolute Gasteiger partial charge is 0.341 e. The molecule has 0 aliphatic heterocycles. The van der Waals surface area contributed by atoms with Gasteiger partial charge in [0.25, 0.3) is 0 Å². The first-order chi connectivity index (χ1) is 11.7. The van der Waals surface area contributed by atoms with Crippen LogP contribution in [0.25, 0.3) is 10.9 Å². The molecule has 0 aliphatic rings. The second-order valence-electron chi connectivity index (χ2n) is 4.88. The molecule has 1 heterocycles. The summed E-state index contributed by atoms with van der Waals surface area (Å²) in [6.07, 6.45) is 1.48. The summed E-state index contributed by atoms with van der Waals surface area (Å²) in [7, 11) is 4.75. The fraction of sp³-hybridized carbons (Fsp3) is 0.412. The van der Waals surface area contributed by atoms with Crippen LogP contribution in [0.2, 0.25) is 0 Å². The number of hydrogen-bond donors (Lipinski definition) is 1. The van der Waals surface area contributed by atoms with Crippen molar-refractivity contribution in [3.05, 3.63) is 23.9 Å². The van der Waals surface area contributed by atoms with Crippen LogP contribution < -0.4 is 14.8 Å². The number of aromatic nitrogens is 1. The van der Waals surface area contributed by atoms with Gasteiger partial charge in [0.15, 0.2) is 0 Å². The number of nitrogens with zero attached hydrogens (tertiary/aromatic N) is 1. The number of esters is 1. The first-order valence-corrected chi connectivity index (χ1v) is 7.61. The highest BCUT2D eigenvalue weighted by Gasteiger charge is 2.21. The Morgan fingerprint density at radius 1 is 1.17 bits per heavy atom. The maximum absolute atomic E-state index is 12.3. The minimum absolute atomic E-state index is 0.281. The Kier molecular flexibility index (Phi) is 6.20. The van der Waals surface area contributed by atoms with Crippen molar-refractivity contribution in [1.29, 1.82) is 0 Å². The molecule has 7 nitrogen and oxygen atoms in total. The van der Waals surface area contributed by atoms with Crippen LogP contribution in [0, 0.1) is 0 Å². The molecule has 0 saturated carbocycles. The Balaban J connectivity index is 2.68. The topological polar surface area (TPSA) is 78.9 Å². The fourth-order valence-electron chi connectivity index (χ4n) is 2.41. The third kappa shape index (κ3) is 3.51. The second kappa shape index (κ2) is 8.35. The quantitative estimate of drug-likeness (QED) is 0.587. The van der Waals surface area contributed by atoms with Crippen LogP contribution >= 0.6 is 0 Å². The van der Waals surface area contributed by atoms with Gasteiger partial charge in [0.05, 0.1) is 38.5 Å². The van der Waals surface area contributed by atoms with Crippen LogP contribution in [0.4, 0.5) is 5.69 Å². The van der Waals surface area contributed by atoms with Crippen molar-refractivity contribution >= 4 is 22.6 Å². The van der Waals surface area contributed by atoms with Gasteiger partial charge in [0, 0.05) is 19.9 Å². The van der Waals surface area contributed by atoms with E-state index in [2.05, 4.69) is 10.3 Å². The Morgan fingerprint density at radius 3 is 2.50 bits per heavy atom. The van der Waals surface area contributed by atoms with Crippen molar-refractivity contribution in [3.8, 4) is 11.5 Å². The normalized spacial score (nSPS) is 10.5. The lowest BCUT2D eigenvalue weighted by Crippen LogP contribution is -2.14. The number of anilines is 1. The van der Waals surface area contributed by atoms with Crippen molar-refractivity contribution in [2.45, 2.75) is 6.92 Å². The largest absolute Gasteiger partial charge is 0.496 e. The number of ether oxygens (including phenoxy) is 4. The molecule has 1 aromatic heterocycles. The number of carbonyl (C=O) groups excluding carboxylic acids is 1.